The first kappa shape index (κ1) is 24.1. The largest absolute Gasteiger partial charge is 0.481 e. The van der Waals surface area contributed by atoms with Crippen LogP contribution in [0.15, 0.2) is 47.8 Å². The molecule has 3 aromatic rings. The monoisotopic (exact) mass is 452 g/mol. The van der Waals surface area contributed by atoms with E-state index >= 15 is 0 Å². The number of ketones is 1. The normalized spacial score (nSPS) is 13.0. The highest BCUT2D eigenvalue weighted by Gasteiger charge is 2.35. The van der Waals surface area contributed by atoms with Crippen molar-refractivity contribution in [1.82, 2.24) is 9.55 Å². The summed E-state index contributed by atoms with van der Waals surface area (Å²) in [6, 6.07) is 12.6. The first-order chi connectivity index (χ1) is 15.1. The predicted octanol–water partition coefficient (Wildman–Crippen LogP) is 6.08. The second-order valence-corrected chi connectivity index (χ2v) is 10.7. The van der Waals surface area contributed by atoms with E-state index in [1.807, 2.05) is 46.9 Å². The van der Waals surface area contributed by atoms with Gasteiger partial charge in [-0.3, -0.25) is 14.2 Å². The number of carbonyl (C=O) groups is 2. The molecule has 5 nitrogen and oxygen atoms in total. The van der Waals surface area contributed by atoms with Gasteiger partial charge in [-0.25, -0.2) is 4.98 Å². The Kier molecular flexibility index (Phi) is 7.13. The summed E-state index contributed by atoms with van der Waals surface area (Å²) < 4.78 is 1.29. The molecule has 32 heavy (non-hydrogen) atoms. The van der Waals surface area contributed by atoms with Gasteiger partial charge in [-0.2, -0.15) is 0 Å². The zero-order valence-electron chi connectivity index (χ0n) is 19.7. The molecule has 0 aliphatic carbocycles. The van der Waals surface area contributed by atoms with Crippen LogP contribution in [0.2, 0.25) is 0 Å². The highest BCUT2D eigenvalue weighted by molar-refractivity contribution is 8.01. The lowest BCUT2D eigenvalue weighted by Gasteiger charge is -2.25. The third-order valence-corrected chi connectivity index (χ3v) is 7.27. The van der Waals surface area contributed by atoms with E-state index in [-0.39, 0.29) is 18.1 Å². The quantitative estimate of drug-likeness (QED) is 0.398. The van der Waals surface area contributed by atoms with Crippen LogP contribution >= 0.6 is 11.8 Å². The molecular formula is C26H32N2O3S. The number of carboxylic acids is 1. The number of hydrogen-bond acceptors (Lipinski definition) is 4. The molecule has 1 unspecified atom stereocenters. The smallest absolute Gasteiger partial charge is 0.307 e. The van der Waals surface area contributed by atoms with Gasteiger partial charge in [0.25, 0.3) is 0 Å². The van der Waals surface area contributed by atoms with Crippen LogP contribution in [-0.2, 0) is 16.0 Å². The van der Waals surface area contributed by atoms with Crippen molar-refractivity contribution < 1.29 is 14.7 Å². The highest BCUT2D eigenvalue weighted by atomic mass is 32.2. The highest BCUT2D eigenvalue weighted by Crippen LogP contribution is 2.38. The molecule has 0 bridgehead atoms. The second-order valence-electron chi connectivity index (χ2n) is 9.09. The third kappa shape index (κ3) is 4.75. The van der Waals surface area contributed by atoms with Gasteiger partial charge in [-0.15, -0.1) is 0 Å². The third-order valence-electron chi connectivity index (χ3n) is 6.06. The number of thioether (sulfide) groups is 1. The van der Waals surface area contributed by atoms with Crippen molar-refractivity contribution in [3.05, 3.63) is 53.9 Å². The maximum atomic E-state index is 13.1. The number of imidazole rings is 1. The molecule has 6 heteroatoms. The molecule has 0 aliphatic heterocycles. The van der Waals surface area contributed by atoms with Crippen molar-refractivity contribution in [3.8, 4) is 5.69 Å². The number of hydrogen-bond donors (Lipinski definition) is 1. The van der Waals surface area contributed by atoms with Crippen LogP contribution in [0.25, 0.3) is 16.5 Å². The number of aliphatic carboxylic acids is 1. The van der Waals surface area contributed by atoms with E-state index < -0.39 is 16.6 Å². The number of benzene rings is 2. The summed E-state index contributed by atoms with van der Waals surface area (Å²) in [6.07, 6.45) is 2.79. The number of carboxylic acid groups (broad SMARTS) is 1. The number of Topliss-reactive ketones (excluding diaryl/α,β-unsaturated/α-hetero) is 1. The van der Waals surface area contributed by atoms with E-state index in [0.29, 0.717) is 0 Å². The van der Waals surface area contributed by atoms with Crippen molar-refractivity contribution in [3.63, 3.8) is 0 Å². The first-order valence-corrected chi connectivity index (χ1v) is 11.9. The Bertz CT molecular complexity index is 1150. The van der Waals surface area contributed by atoms with Crippen LogP contribution in [0.1, 0.15) is 52.3 Å². The number of fused-ring (bicyclic) bond motifs is 1. The molecule has 0 saturated heterocycles. The maximum absolute atomic E-state index is 13.1. The molecule has 2 aromatic carbocycles. The fourth-order valence-corrected chi connectivity index (χ4v) is 5.06. The van der Waals surface area contributed by atoms with Crippen LogP contribution in [0.4, 0.5) is 0 Å². The molecule has 0 radical (unpaired) electrons. The van der Waals surface area contributed by atoms with Gasteiger partial charge in [-0.05, 0) is 50.1 Å². The minimum Gasteiger partial charge on any atom is -0.481 e. The molecule has 0 fully saturated rings. The average Bonchev–Trinajstić information content (AvgIpc) is 3.09. The summed E-state index contributed by atoms with van der Waals surface area (Å²) >= 11 is 1.39. The van der Waals surface area contributed by atoms with Gasteiger partial charge in [-0.1, -0.05) is 62.9 Å². The van der Waals surface area contributed by atoms with Crippen LogP contribution in [-0.4, -0.2) is 31.2 Å². The van der Waals surface area contributed by atoms with Gasteiger partial charge in [0.2, 0.25) is 0 Å². The summed E-state index contributed by atoms with van der Waals surface area (Å²) in [5.41, 5.74) is 3.31. The SMILES string of the molecule is CCc1ccc(-n2c(C)cnc2SC(C)(C)C(=O)CC(C(=O)O)C(C)C)c2ccccc12. The topological polar surface area (TPSA) is 72.2 Å². The fourth-order valence-electron chi connectivity index (χ4n) is 3.97. The van der Waals surface area contributed by atoms with Crippen molar-refractivity contribution in [2.45, 2.75) is 64.3 Å². The Morgan fingerprint density at radius 2 is 1.78 bits per heavy atom. The number of aryl methyl sites for hydroxylation is 2. The van der Waals surface area contributed by atoms with E-state index in [9.17, 15) is 14.7 Å². The van der Waals surface area contributed by atoms with E-state index in [1.54, 1.807) is 0 Å². The molecule has 1 aromatic heterocycles. The van der Waals surface area contributed by atoms with Crippen molar-refractivity contribution in [1.29, 1.82) is 0 Å². The Labute approximate surface area is 194 Å². The van der Waals surface area contributed by atoms with Gasteiger partial charge < -0.3 is 5.11 Å². The Hall–Kier alpha value is -2.60. The Morgan fingerprint density at radius 1 is 1.12 bits per heavy atom. The lowest BCUT2D eigenvalue weighted by molar-refractivity contribution is -0.145. The first-order valence-electron chi connectivity index (χ1n) is 11.1. The standard InChI is InChI=1S/C26H32N2O3S/c1-7-18-12-13-22(20-11-9-8-10-19(18)20)28-17(4)15-27-25(28)32-26(5,6)23(29)14-21(16(2)3)24(30)31/h8-13,15-16,21H,7,14H2,1-6H3,(H,30,31). The van der Waals surface area contributed by atoms with Gasteiger partial charge in [0.1, 0.15) is 5.78 Å². The number of rotatable bonds is 9. The van der Waals surface area contributed by atoms with Crippen LogP contribution in [0, 0.1) is 18.8 Å². The van der Waals surface area contributed by atoms with Crippen LogP contribution < -0.4 is 0 Å². The zero-order chi connectivity index (χ0) is 23.6. The lowest BCUT2D eigenvalue weighted by Crippen LogP contribution is -2.33. The second kappa shape index (κ2) is 9.49. The summed E-state index contributed by atoms with van der Waals surface area (Å²) in [5, 5.41) is 12.6. The van der Waals surface area contributed by atoms with Crippen LogP contribution in [0.5, 0.6) is 0 Å². The fraction of sp³-hybridized carbons (Fsp3) is 0.423. The number of aromatic nitrogens is 2. The molecule has 0 amide bonds. The Balaban J connectivity index is 1.99. The Morgan fingerprint density at radius 3 is 2.38 bits per heavy atom. The molecule has 3 rings (SSSR count). The molecular weight excluding hydrogens is 420 g/mol. The van der Waals surface area contributed by atoms with Crippen molar-refractivity contribution in [2.75, 3.05) is 0 Å². The molecule has 0 saturated carbocycles. The van der Waals surface area contributed by atoms with Gasteiger partial charge in [0.15, 0.2) is 5.16 Å². The lowest BCUT2D eigenvalue weighted by atomic mass is 9.88. The number of carbonyl (C=O) groups excluding carboxylic acids is 1. The van der Waals surface area contributed by atoms with E-state index in [1.165, 1.54) is 22.7 Å². The van der Waals surface area contributed by atoms with E-state index in [2.05, 4.69) is 46.8 Å². The minimum atomic E-state index is -0.922. The van der Waals surface area contributed by atoms with Crippen LogP contribution in [0.3, 0.4) is 0 Å². The van der Waals surface area contributed by atoms with Crippen molar-refractivity contribution >= 4 is 34.3 Å². The summed E-state index contributed by atoms with van der Waals surface area (Å²) in [7, 11) is 0. The number of nitrogens with zero attached hydrogens (tertiary/aromatic N) is 2. The van der Waals surface area contributed by atoms with Gasteiger partial charge >= 0.3 is 5.97 Å². The molecule has 170 valence electrons. The molecule has 0 aliphatic rings. The minimum absolute atomic E-state index is 0.0147. The zero-order valence-corrected chi connectivity index (χ0v) is 20.5. The predicted molar refractivity (Wildman–Crippen MR) is 131 cm³/mol. The molecule has 1 N–H and O–H groups in total. The summed E-state index contributed by atoms with van der Waals surface area (Å²) in [6.45, 7) is 11.5. The van der Waals surface area contributed by atoms with E-state index in [0.717, 1.165) is 28.3 Å². The molecule has 0 spiro atoms. The maximum Gasteiger partial charge on any atom is 0.307 e. The summed E-state index contributed by atoms with van der Waals surface area (Å²) in [4.78, 5) is 29.3. The van der Waals surface area contributed by atoms with E-state index in [4.69, 9.17) is 0 Å². The van der Waals surface area contributed by atoms with Gasteiger partial charge in [0, 0.05) is 23.7 Å². The van der Waals surface area contributed by atoms with Gasteiger partial charge in [0.05, 0.1) is 16.4 Å². The van der Waals surface area contributed by atoms with Crippen molar-refractivity contribution in [2.24, 2.45) is 11.8 Å². The summed E-state index contributed by atoms with van der Waals surface area (Å²) in [5.74, 6) is -1.80. The molecule has 1 heterocycles. The molecule has 1 atom stereocenters. The average molecular weight is 453 g/mol.